The molecule has 0 saturated heterocycles. The molecule has 0 aromatic heterocycles. The van der Waals surface area contributed by atoms with E-state index in [1.54, 1.807) is 32.0 Å². The zero-order valence-corrected chi connectivity index (χ0v) is 14.3. The van der Waals surface area contributed by atoms with Crippen LogP contribution in [0.5, 0.6) is 5.75 Å². The summed E-state index contributed by atoms with van der Waals surface area (Å²) in [4.78, 5) is 24.5. The van der Waals surface area contributed by atoms with Gasteiger partial charge in [0.25, 0.3) is 5.91 Å². The quantitative estimate of drug-likeness (QED) is 0.825. The highest BCUT2D eigenvalue weighted by molar-refractivity contribution is 9.10. The van der Waals surface area contributed by atoms with Crippen LogP contribution in [0.3, 0.4) is 0 Å². The summed E-state index contributed by atoms with van der Waals surface area (Å²) in [6.07, 6.45) is -0.476. The zero-order chi connectivity index (χ0) is 16.2. The average molecular weight is 379 g/mol. The molecule has 0 spiro atoms. The second kappa shape index (κ2) is 7.66. The molecule has 0 heterocycles. The number of carbonyl (C=O) groups excluding carboxylic acids is 1. The summed E-state index contributed by atoms with van der Waals surface area (Å²) in [5, 5.41) is 9.63. The van der Waals surface area contributed by atoms with Crippen molar-refractivity contribution in [1.82, 2.24) is 4.90 Å². The highest BCUT2D eigenvalue weighted by atomic mass is 79.9. The number of nitrogens with zero attached hydrogens (tertiary/aromatic N) is 1. The molecule has 2 unspecified atom stereocenters. The van der Waals surface area contributed by atoms with Crippen LogP contribution in [-0.4, -0.2) is 41.1 Å². The SMILES string of the molecule is CCC(C(=O)O)N(C)C(=O)C(C)Oc1ccc(Cl)cc1Br. The molecule has 21 heavy (non-hydrogen) atoms. The second-order valence-electron chi connectivity index (χ2n) is 4.55. The van der Waals surface area contributed by atoms with Crippen LogP contribution in [0.25, 0.3) is 0 Å². The van der Waals surface area contributed by atoms with Gasteiger partial charge in [-0.3, -0.25) is 4.79 Å². The van der Waals surface area contributed by atoms with Crippen LogP contribution in [0, 0.1) is 0 Å². The molecule has 116 valence electrons. The molecule has 2 atom stereocenters. The number of carboxylic acids is 1. The van der Waals surface area contributed by atoms with Gasteiger partial charge in [0.1, 0.15) is 11.8 Å². The molecule has 1 aromatic carbocycles. The molecule has 0 radical (unpaired) electrons. The van der Waals surface area contributed by atoms with E-state index in [-0.39, 0.29) is 0 Å². The normalized spacial score (nSPS) is 13.4. The Hall–Kier alpha value is -1.27. The first-order valence-electron chi connectivity index (χ1n) is 6.39. The molecule has 0 bridgehead atoms. The lowest BCUT2D eigenvalue weighted by atomic mass is 10.2. The molecule has 0 aliphatic rings. The summed E-state index contributed by atoms with van der Waals surface area (Å²) in [5.41, 5.74) is 0. The lowest BCUT2D eigenvalue weighted by Crippen LogP contribution is -2.47. The van der Waals surface area contributed by atoms with E-state index in [2.05, 4.69) is 15.9 Å². The fraction of sp³-hybridized carbons (Fsp3) is 0.429. The Balaban J connectivity index is 2.80. The maximum absolute atomic E-state index is 12.2. The first kappa shape index (κ1) is 17.8. The molecule has 5 nitrogen and oxygen atoms in total. The second-order valence-corrected chi connectivity index (χ2v) is 5.84. The highest BCUT2D eigenvalue weighted by Gasteiger charge is 2.29. The van der Waals surface area contributed by atoms with Crippen molar-refractivity contribution in [2.75, 3.05) is 7.05 Å². The first-order chi connectivity index (χ1) is 9.77. The Morgan fingerprint density at radius 3 is 2.57 bits per heavy atom. The van der Waals surface area contributed by atoms with E-state index in [4.69, 9.17) is 21.4 Å². The minimum atomic E-state index is -1.03. The predicted octanol–water partition coefficient (Wildman–Crippen LogP) is 3.19. The van der Waals surface area contributed by atoms with E-state index < -0.39 is 24.0 Å². The molecule has 7 heteroatoms. The van der Waals surface area contributed by atoms with Crippen LogP contribution >= 0.6 is 27.5 Å². The Kier molecular flexibility index (Phi) is 6.48. The van der Waals surface area contributed by atoms with Crippen LogP contribution in [0.4, 0.5) is 0 Å². The van der Waals surface area contributed by atoms with Gasteiger partial charge in [-0.15, -0.1) is 0 Å². The van der Waals surface area contributed by atoms with Crippen LogP contribution < -0.4 is 4.74 Å². The van der Waals surface area contributed by atoms with E-state index >= 15 is 0 Å². The van der Waals surface area contributed by atoms with Crippen LogP contribution in [0.1, 0.15) is 20.3 Å². The molecule has 0 aliphatic heterocycles. The van der Waals surface area contributed by atoms with Crippen molar-refractivity contribution in [1.29, 1.82) is 0 Å². The summed E-state index contributed by atoms with van der Waals surface area (Å²) in [6, 6.07) is 4.08. The fourth-order valence-corrected chi connectivity index (χ4v) is 2.64. The smallest absolute Gasteiger partial charge is 0.326 e. The number of hydrogen-bond donors (Lipinski definition) is 1. The minimum absolute atomic E-state index is 0.328. The topological polar surface area (TPSA) is 66.8 Å². The van der Waals surface area contributed by atoms with Gasteiger partial charge in [-0.05, 0) is 47.5 Å². The molecule has 0 aliphatic carbocycles. The number of halogens is 2. The largest absolute Gasteiger partial charge is 0.480 e. The van der Waals surface area contributed by atoms with Crippen molar-refractivity contribution in [2.45, 2.75) is 32.4 Å². The number of ether oxygens (including phenoxy) is 1. The average Bonchev–Trinajstić information content (AvgIpc) is 2.41. The molecule has 1 rings (SSSR count). The number of benzene rings is 1. The van der Waals surface area contributed by atoms with Gasteiger partial charge in [0.15, 0.2) is 6.10 Å². The lowest BCUT2D eigenvalue weighted by Gasteiger charge is -2.27. The molecule has 1 aromatic rings. The fourth-order valence-electron chi connectivity index (χ4n) is 1.87. The summed E-state index contributed by atoms with van der Waals surface area (Å²) < 4.78 is 6.20. The van der Waals surface area contributed by atoms with Gasteiger partial charge in [-0.25, -0.2) is 4.79 Å². The third-order valence-electron chi connectivity index (χ3n) is 3.03. The maximum Gasteiger partial charge on any atom is 0.326 e. The summed E-state index contributed by atoms with van der Waals surface area (Å²) in [5.74, 6) is -0.962. The van der Waals surface area contributed by atoms with Crippen LogP contribution in [-0.2, 0) is 9.59 Å². The van der Waals surface area contributed by atoms with Crippen LogP contribution in [0.2, 0.25) is 5.02 Å². The number of rotatable bonds is 6. The first-order valence-corrected chi connectivity index (χ1v) is 7.56. The third kappa shape index (κ3) is 4.61. The summed E-state index contributed by atoms with van der Waals surface area (Å²) >= 11 is 9.13. The van der Waals surface area contributed by atoms with E-state index in [1.807, 2.05) is 0 Å². The van der Waals surface area contributed by atoms with Gasteiger partial charge in [0.05, 0.1) is 4.47 Å². The van der Waals surface area contributed by atoms with E-state index in [9.17, 15) is 9.59 Å². The lowest BCUT2D eigenvalue weighted by molar-refractivity contribution is -0.151. The van der Waals surface area contributed by atoms with Gasteiger partial charge in [-0.2, -0.15) is 0 Å². The zero-order valence-electron chi connectivity index (χ0n) is 12.0. The molecule has 0 saturated carbocycles. The number of hydrogen-bond acceptors (Lipinski definition) is 3. The van der Waals surface area contributed by atoms with Crippen molar-refractivity contribution < 1.29 is 19.4 Å². The number of amides is 1. The van der Waals surface area contributed by atoms with Crippen molar-refractivity contribution in [3.63, 3.8) is 0 Å². The number of carboxylic acid groups (broad SMARTS) is 1. The number of carbonyl (C=O) groups is 2. The highest BCUT2D eigenvalue weighted by Crippen LogP contribution is 2.29. The molecule has 1 N–H and O–H groups in total. The van der Waals surface area contributed by atoms with Gasteiger partial charge in [0, 0.05) is 12.1 Å². The summed E-state index contributed by atoms with van der Waals surface area (Å²) in [7, 11) is 1.46. The molecular weight excluding hydrogens is 362 g/mol. The van der Waals surface area contributed by atoms with Gasteiger partial charge in [0.2, 0.25) is 0 Å². The van der Waals surface area contributed by atoms with Gasteiger partial charge < -0.3 is 14.7 Å². The standard InChI is InChI=1S/C14H17BrClNO4/c1-4-11(14(19)20)17(3)13(18)8(2)21-12-6-5-9(16)7-10(12)15/h5-8,11H,4H2,1-3H3,(H,19,20). The summed E-state index contributed by atoms with van der Waals surface area (Å²) in [6.45, 7) is 3.29. The van der Waals surface area contributed by atoms with Crippen molar-refractivity contribution in [3.8, 4) is 5.75 Å². The monoisotopic (exact) mass is 377 g/mol. The van der Waals surface area contributed by atoms with E-state index in [0.717, 1.165) is 0 Å². The molecular formula is C14H17BrClNO4. The van der Waals surface area contributed by atoms with Crippen molar-refractivity contribution in [3.05, 3.63) is 27.7 Å². The van der Waals surface area contributed by atoms with Gasteiger partial charge >= 0.3 is 5.97 Å². The van der Waals surface area contributed by atoms with E-state index in [1.165, 1.54) is 11.9 Å². The molecule has 1 amide bonds. The number of aliphatic carboxylic acids is 1. The number of likely N-dealkylation sites (N-methyl/N-ethyl adjacent to an activating group) is 1. The Labute approximate surface area is 137 Å². The van der Waals surface area contributed by atoms with Crippen molar-refractivity contribution in [2.24, 2.45) is 0 Å². The Morgan fingerprint density at radius 1 is 1.48 bits per heavy atom. The van der Waals surface area contributed by atoms with E-state index in [0.29, 0.717) is 21.7 Å². The van der Waals surface area contributed by atoms with Crippen molar-refractivity contribution >= 4 is 39.4 Å². The Bertz CT molecular complexity index is 538. The minimum Gasteiger partial charge on any atom is -0.480 e. The maximum atomic E-state index is 12.2. The molecule has 0 fully saturated rings. The Morgan fingerprint density at radius 2 is 2.10 bits per heavy atom. The van der Waals surface area contributed by atoms with Gasteiger partial charge in [-0.1, -0.05) is 18.5 Å². The predicted molar refractivity (Wildman–Crippen MR) is 83.7 cm³/mol. The van der Waals surface area contributed by atoms with Crippen LogP contribution in [0.15, 0.2) is 22.7 Å². The third-order valence-corrected chi connectivity index (χ3v) is 3.89.